The first-order chi connectivity index (χ1) is 12.7. The minimum absolute atomic E-state index is 0.0445. The van der Waals surface area contributed by atoms with Gasteiger partial charge in [0, 0.05) is 24.8 Å². The Bertz CT molecular complexity index is 763. The molecule has 0 radical (unpaired) electrons. The van der Waals surface area contributed by atoms with Crippen molar-refractivity contribution in [3.05, 3.63) is 60.2 Å². The van der Waals surface area contributed by atoms with Crippen molar-refractivity contribution in [2.24, 2.45) is 0 Å². The van der Waals surface area contributed by atoms with E-state index in [0.717, 1.165) is 5.56 Å². The quantitative estimate of drug-likeness (QED) is 0.807. The third-order valence-corrected chi connectivity index (χ3v) is 4.30. The summed E-state index contributed by atoms with van der Waals surface area (Å²) in [4.78, 5) is 26.6. The number of hydrogen-bond acceptors (Lipinski definition) is 5. The Balaban J connectivity index is 1.66. The smallest absolute Gasteiger partial charge is 0.323 e. The van der Waals surface area contributed by atoms with Gasteiger partial charge in [-0.25, -0.2) is 0 Å². The minimum Gasteiger partial charge on any atom is -0.497 e. The summed E-state index contributed by atoms with van der Waals surface area (Å²) in [6.45, 7) is 1.56. The number of nitrogens with zero attached hydrogens (tertiary/aromatic N) is 1. The highest BCUT2D eigenvalue weighted by atomic mass is 16.5. The Kier molecular flexibility index (Phi) is 5.86. The number of methoxy groups -OCH3 is 1. The van der Waals surface area contributed by atoms with E-state index in [-0.39, 0.29) is 18.3 Å². The topological polar surface area (TPSA) is 67.9 Å². The summed E-state index contributed by atoms with van der Waals surface area (Å²) in [6.07, 6.45) is 0.0445. The van der Waals surface area contributed by atoms with Crippen molar-refractivity contribution >= 4 is 17.6 Å². The molecule has 6 heteroatoms. The van der Waals surface area contributed by atoms with Crippen LogP contribution < -0.4 is 10.1 Å². The number of morpholine rings is 1. The number of ether oxygens (including phenoxy) is 2. The van der Waals surface area contributed by atoms with Crippen molar-refractivity contribution < 1.29 is 19.1 Å². The maximum absolute atomic E-state index is 12.4. The normalized spacial score (nSPS) is 17.4. The van der Waals surface area contributed by atoms with E-state index in [4.69, 9.17) is 9.47 Å². The molecule has 0 unspecified atom stereocenters. The van der Waals surface area contributed by atoms with Gasteiger partial charge in [0.1, 0.15) is 18.4 Å². The van der Waals surface area contributed by atoms with Gasteiger partial charge in [0.15, 0.2) is 0 Å². The van der Waals surface area contributed by atoms with E-state index in [2.05, 4.69) is 5.32 Å². The zero-order valence-electron chi connectivity index (χ0n) is 14.7. The van der Waals surface area contributed by atoms with Gasteiger partial charge in [-0.3, -0.25) is 14.5 Å². The van der Waals surface area contributed by atoms with Crippen LogP contribution in [0, 0.1) is 0 Å². The first kappa shape index (κ1) is 17.9. The zero-order chi connectivity index (χ0) is 18.4. The molecule has 1 fully saturated rings. The Labute approximate surface area is 152 Å². The second-order valence-electron chi connectivity index (χ2n) is 6.12. The van der Waals surface area contributed by atoms with Crippen LogP contribution in [0.5, 0.6) is 5.75 Å². The number of benzene rings is 2. The maximum atomic E-state index is 12.4. The van der Waals surface area contributed by atoms with Crippen molar-refractivity contribution in [3.63, 3.8) is 0 Å². The molecule has 3 rings (SSSR count). The van der Waals surface area contributed by atoms with Gasteiger partial charge < -0.3 is 14.8 Å². The highest BCUT2D eigenvalue weighted by Gasteiger charge is 2.33. The molecule has 0 bridgehead atoms. The van der Waals surface area contributed by atoms with Crippen LogP contribution in [-0.2, 0) is 20.9 Å². The molecule has 2 aromatic carbocycles. The number of amides is 1. The van der Waals surface area contributed by atoms with Gasteiger partial charge in [-0.2, -0.15) is 0 Å². The highest BCUT2D eigenvalue weighted by Crippen LogP contribution is 2.19. The van der Waals surface area contributed by atoms with Crippen LogP contribution in [0.3, 0.4) is 0 Å². The maximum Gasteiger partial charge on any atom is 0.323 e. The number of hydrogen-bond donors (Lipinski definition) is 1. The summed E-state index contributed by atoms with van der Waals surface area (Å²) in [5.41, 5.74) is 1.73. The second kappa shape index (κ2) is 8.49. The lowest BCUT2D eigenvalue weighted by Gasteiger charge is -2.33. The minimum atomic E-state index is -0.588. The molecule has 0 aromatic heterocycles. The van der Waals surface area contributed by atoms with Crippen molar-refractivity contribution in [1.29, 1.82) is 0 Å². The Morgan fingerprint density at radius 3 is 2.81 bits per heavy atom. The Morgan fingerprint density at radius 2 is 2.04 bits per heavy atom. The average Bonchev–Trinajstić information content (AvgIpc) is 2.65. The lowest BCUT2D eigenvalue weighted by Crippen LogP contribution is -2.49. The highest BCUT2D eigenvalue weighted by molar-refractivity contribution is 5.94. The fourth-order valence-electron chi connectivity index (χ4n) is 2.97. The van der Waals surface area contributed by atoms with Crippen LogP contribution in [0.1, 0.15) is 12.0 Å². The molecule has 1 aliphatic rings. The molecule has 0 aliphatic carbocycles. The van der Waals surface area contributed by atoms with Gasteiger partial charge in [0.25, 0.3) is 0 Å². The molecule has 1 atom stereocenters. The van der Waals surface area contributed by atoms with Crippen molar-refractivity contribution in [1.82, 2.24) is 4.90 Å². The first-order valence-electron chi connectivity index (χ1n) is 8.54. The SMILES string of the molecule is COc1cccc(NC(=O)C[C@H]2C(=O)OCCN2Cc2ccccc2)c1. The molecule has 2 aromatic rings. The third kappa shape index (κ3) is 4.61. The molecule has 1 heterocycles. The number of cyclic esters (lactones) is 1. The lowest BCUT2D eigenvalue weighted by molar-refractivity contribution is -0.159. The molecule has 1 N–H and O–H groups in total. The molecule has 0 saturated carbocycles. The third-order valence-electron chi connectivity index (χ3n) is 4.30. The van der Waals surface area contributed by atoms with E-state index in [1.807, 2.05) is 35.2 Å². The van der Waals surface area contributed by atoms with E-state index in [9.17, 15) is 9.59 Å². The summed E-state index contributed by atoms with van der Waals surface area (Å²) < 4.78 is 10.3. The average molecular weight is 354 g/mol. The summed E-state index contributed by atoms with van der Waals surface area (Å²) in [6, 6.07) is 16.4. The number of rotatable bonds is 6. The number of carbonyl (C=O) groups excluding carboxylic acids is 2. The number of nitrogens with one attached hydrogen (secondary N) is 1. The molecule has 1 aliphatic heterocycles. The summed E-state index contributed by atoms with van der Waals surface area (Å²) in [5.74, 6) is 0.0683. The van der Waals surface area contributed by atoms with Crippen molar-refractivity contribution in [3.8, 4) is 5.75 Å². The van der Waals surface area contributed by atoms with Crippen LogP contribution in [0.2, 0.25) is 0 Å². The molecular formula is C20H22N2O4. The Hall–Kier alpha value is -2.86. The number of carbonyl (C=O) groups is 2. The fraction of sp³-hybridized carbons (Fsp3) is 0.300. The zero-order valence-corrected chi connectivity index (χ0v) is 14.7. The monoisotopic (exact) mass is 354 g/mol. The van der Waals surface area contributed by atoms with E-state index in [1.165, 1.54) is 0 Å². The molecular weight excluding hydrogens is 332 g/mol. The standard InChI is InChI=1S/C20H22N2O4/c1-25-17-9-5-8-16(12-17)21-19(23)13-18-20(24)26-11-10-22(18)14-15-6-3-2-4-7-15/h2-9,12,18H,10-11,13-14H2,1H3,(H,21,23)/t18-/m0/s1. The number of esters is 1. The van der Waals surface area contributed by atoms with E-state index < -0.39 is 6.04 Å². The molecule has 0 spiro atoms. The van der Waals surface area contributed by atoms with E-state index >= 15 is 0 Å². The van der Waals surface area contributed by atoms with E-state index in [0.29, 0.717) is 31.1 Å². The lowest BCUT2D eigenvalue weighted by atomic mass is 10.1. The van der Waals surface area contributed by atoms with Gasteiger partial charge in [0.2, 0.25) is 5.91 Å². The predicted octanol–water partition coefficient (Wildman–Crippen LogP) is 2.45. The van der Waals surface area contributed by atoms with Gasteiger partial charge in [-0.1, -0.05) is 36.4 Å². The first-order valence-corrected chi connectivity index (χ1v) is 8.54. The molecule has 26 heavy (non-hydrogen) atoms. The van der Waals surface area contributed by atoms with Gasteiger partial charge in [-0.05, 0) is 17.7 Å². The van der Waals surface area contributed by atoms with Gasteiger partial charge in [0.05, 0.1) is 13.5 Å². The van der Waals surface area contributed by atoms with Crippen LogP contribution in [0.4, 0.5) is 5.69 Å². The summed E-state index contributed by atoms with van der Waals surface area (Å²) >= 11 is 0. The molecule has 6 nitrogen and oxygen atoms in total. The van der Waals surface area contributed by atoms with Crippen LogP contribution >= 0.6 is 0 Å². The molecule has 1 amide bonds. The van der Waals surface area contributed by atoms with Gasteiger partial charge in [-0.15, -0.1) is 0 Å². The molecule has 1 saturated heterocycles. The van der Waals surface area contributed by atoms with Crippen LogP contribution in [-0.4, -0.2) is 43.1 Å². The number of anilines is 1. The van der Waals surface area contributed by atoms with Crippen LogP contribution in [0.15, 0.2) is 54.6 Å². The fourth-order valence-corrected chi connectivity index (χ4v) is 2.97. The Morgan fingerprint density at radius 1 is 1.23 bits per heavy atom. The van der Waals surface area contributed by atoms with Crippen molar-refractivity contribution in [2.45, 2.75) is 19.0 Å². The largest absolute Gasteiger partial charge is 0.497 e. The predicted molar refractivity (Wildman–Crippen MR) is 97.8 cm³/mol. The van der Waals surface area contributed by atoms with Crippen LogP contribution in [0.25, 0.3) is 0 Å². The summed E-state index contributed by atoms with van der Waals surface area (Å²) in [7, 11) is 1.57. The summed E-state index contributed by atoms with van der Waals surface area (Å²) in [5, 5.41) is 2.82. The second-order valence-corrected chi connectivity index (χ2v) is 6.12. The molecule has 136 valence electrons. The van der Waals surface area contributed by atoms with Crippen molar-refractivity contribution in [2.75, 3.05) is 25.6 Å². The van der Waals surface area contributed by atoms with Gasteiger partial charge >= 0.3 is 5.97 Å². The van der Waals surface area contributed by atoms with E-state index in [1.54, 1.807) is 31.4 Å².